The molecule has 1 fully saturated rings. The lowest BCUT2D eigenvalue weighted by Crippen LogP contribution is -2.26. The molecule has 0 spiro atoms. The van der Waals surface area contributed by atoms with Gasteiger partial charge in [-0.15, -0.1) is 0 Å². The highest BCUT2D eigenvalue weighted by Gasteiger charge is 2.31. The highest BCUT2D eigenvalue weighted by Crippen LogP contribution is 2.20. The van der Waals surface area contributed by atoms with E-state index in [9.17, 15) is 4.79 Å². The predicted octanol–water partition coefficient (Wildman–Crippen LogP) is 0.584. The summed E-state index contributed by atoms with van der Waals surface area (Å²) in [4.78, 5) is 10.9. The number of esters is 1. The van der Waals surface area contributed by atoms with Crippen molar-refractivity contribution in [2.75, 3.05) is 13.7 Å². The smallest absolute Gasteiger partial charge is 0.335 e. The molecule has 58 valence electrons. The van der Waals surface area contributed by atoms with E-state index in [1.54, 1.807) is 0 Å². The standard InChI is InChI=1S/C7H12O3/c1-5-3-4-10-6(5)7(8)9-2/h5-6H,3-4H2,1-2H3/t5-,6+/m1/s1. The predicted molar refractivity (Wildman–Crippen MR) is 35.5 cm³/mol. The van der Waals surface area contributed by atoms with Crippen molar-refractivity contribution in [3.8, 4) is 0 Å². The quantitative estimate of drug-likeness (QED) is 0.505. The van der Waals surface area contributed by atoms with E-state index in [-0.39, 0.29) is 12.1 Å². The van der Waals surface area contributed by atoms with Crippen LogP contribution in [0, 0.1) is 5.92 Å². The maximum atomic E-state index is 10.9. The molecule has 0 aromatic rings. The fraction of sp³-hybridized carbons (Fsp3) is 0.857. The first-order chi connectivity index (χ1) is 4.75. The third kappa shape index (κ3) is 1.29. The Hall–Kier alpha value is -0.570. The molecule has 0 unspecified atom stereocenters. The highest BCUT2D eigenvalue weighted by atomic mass is 16.6. The Morgan fingerprint density at radius 3 is 2.80 bits per heavy atom. The zero-order valence-corrected chi connectivity index (χ0v) is 6.29. The molecule has 0 N–H and O–H groups in total. The van der Waals surface area contributed by atoms with Crippen LogP contribution in [0.1, 0.15) is 13.3 Å². The summed E-state index contributed by atoms with van der Waals surface area (Å²) in [5.74, 6) is 0.0671. The average Bonchev–Trinajstić information content (AvgIpc) is 2.34. The van der Waals surface area contributed by atoms with Crippen molar-refractivity contribution in [2.24, 2.45) is 5.92 Å². The minimum atomic E-state index is -0.315. The normalized spacial score (nSPS) is 32.2. The second kappa shape index (κ2) is 3.01. The molecular formula is C7H12O3. The minimum Gasteiger partial charge on any atom is -0.467 e. The van der Waals surface area contributed by atoms with E-state index in [1.807, 2.05) is 6.92 Å². The summed E-state index contributed by atoms with van der Waals surface area (Å²) >= 11 is 0. The van der Waals surface area contributed by atoms with Crippen molar-refractivity contribution in [1.29, 1.82) is 0 Å². The van der Waals surface area contributed by atoms with Gasteiger partial charge in [-0.25, -0.2) is 4.79 Å². The van der Waals surface area contributed by atoms with E-state index in [0.29, 0.717) is 12.5 Å². The molecule has 0 radical (unpaired) electrons. The van der Waals surface area contributed by atoms with Gasteiger partial charge in [-0.3, -0.25) is 0 Å². The monoisotopic (exact) mass is 144 g/mol. The van der Waals surface area contributed by atoms with E-state index >= 15 is 0 Å². The Kier molecular flexibility index (Phi) is 2.27. The van der Waals surface area contributed by atoms with Gasteiger partial charge in [-0.2, -0.15) is 0 Å². The summed E-state index contributed by atoms with van der Waals surface area (Å²) in [6.45, 7) is 2.68. The molecule has 1 aliphatic rings. The first kappa shape index (κ1) is 7.54. The van der Waals surface area contributed by atoms with Crippen molar-refractivity contribution in [1.82, 2.24) is 0 Å². The van der Waals surface area contributed by atoms with Crippen molar-refractivity contribution in [3.05, 3.63) is 0 Å². The van der Waals surface area contributed by atoms with E-state index in [1.165, 1.54) is 7.11 Å². The van der Waals surface area contributed by atoms with Crippen molar-refractivity contribution >= 4 is 5.97 Å². The molecule has 0 aromatic heterocycles. The highest BCUT2D eigenvalue weighted by molar-refractivity contribution is 5.75. The van der Waals surface area contributed by atoms with Crippen LogP contribution in [0.2, 0.25) is 0 Å². The molecule has 0 aromatic carbocycles. The van der Waals surface area contributed by atoms with Crippen LogP contribution >= 0.6 is 0 Å². The Labute approximate surface area is 60.3 Å². The third-order valence-electron chi connectivity index (χ3n) is 1.82. The fourth-order valence-electron chi connectivity index (χ4n) is 1.11. The lowest BCUT2D eigenvalue weighted by Gasteiger charge is -2.10. The van der Waals surface area contributed by atoms with Crippen LogP contribution < -0.4 is 0 Å². The summed E-state index contributed by atoms with van der Waals surface area (Å²) in [6.07, 6.45) is 0.643. The first-order valence-corrected chi connectivity index (χ1v) is 3.45. The molecule has 0 saturated carbocycles. The molecule has 0 aliphatic carbocycles. The largest absolute Gasteiger partial charge is 0.467 e. The topological polar surface area (TPSA) is 35.5 Å². The lowest BCUT2D eigenvalue weighted by molar-refractivity contribution is -0.152. The van der Waals surface area contributed by atoms with Crippen LogP contribution in [0.15, 0.2) is 0 Å². The molecular weight excluding hydrogens is 132 g/mol. The summed E-state index contributed by atoms with van der Waals surface area (Å²) in [6, 6.07) is 0. The van der Waals surface area contributed by atoms with Gasteiger partial charge in [0, 0.05) is 6.61 Å². The number of carbonyl (C=O) groups is 1. The number of carbonyl (C=O) groups excluding carboxylic acids is 1. The maximum absolute atomic E-state index is 10.9. The molecule has 1 saturated heterocycles. The molecule has 3 heteroatoms. The molecule has 1 heterocycles. The number of rotatable bonds is 1. The summed E-state index contributed by atoms with van der Waals surface area (Å²) in [7, 11) is 1.39. The number of hydrogen-bond donors (Lipinski definition) is 0. The Morgan fingerprint density at radius 2 is 2.40 bits per heavy atom. The van der Waals surface area contributed by atoms with Gasteiger partial charge in [0.05, 0.1) is 7.11 Å². The summed E-state index contributed by atoms with van der Waals surface area (Å²) in [5, 5.41) is 0. The number of hydrogen-bond acceptors (Lipinski definition) is 3. The number of ether oxygens (including phenoxy) is 2. The van der Waals surface area contributed by atoms with Gasteiger partial charge < -0.3 is 9.47 Å². The molecule has 1 aliphatic heterocycles. The Morgan fingerprint density at radius 1 is 1.70 bits per heavy atom. The first-order valence-electron chi connectivity index (χ1n) is 3.45. The van der Waals surface area contributed by atoms with Crippen molar-refractivity contribution in [3.63, 3.8) is 0 Å². The molecule has 10 heavy (non-hydrogen) atoms. The van der Waals surface area contributed by atoms with E-state index < -0.39 is 0 Å². The third-order valence-corrected chi connectivity index (χ3v) is 1.82. The van der Waals surface area contributed by atoms with Crippen LogP contribution in [-0.2, 0) is 14.3 Å². The van der Waals surface area contributed by atoms with Gasteiger partial charge in [0.1, 0.15) is 0 Å². The van der Waals surface area contributed by atoms with Gasteiger partial charge in [0.15, 0.2) is 6.10 Å². The molecule has 2 atom stereocenters. The summed E-state index contributed by atoms with van der Waals surface area (Å²) < 4.78 is 9.68. The van der Waals surface area contributed by atoms with Crippen LogP contribution in [0.3, 0.4) is 0 Å². The van der Waals surface area contributed by atoms with Crippen LogP contribution in [0.4, 0.5) is 0 Å². The summed E-state index contributed by atoms with van der Waals surface area (Å²) in [5.41, 5.74) is 0. The maximum Gasteiger partial charge on any atom is 0.335 e. The molecule has 1 rings (SSSR count). The van der Waals surface area contributed by atoms with Crippen molar-refractivity contribution < 1.29 is 14.3 Å². The van der Waals surface area contributed by atoms with Gasteiger partial charge in [-0.05, 0) is 12.3 Å². The van der Waals surface area contributed by atoms with Gasteiger partial charge >= 0.3 is 5.97 Å². The second-order valence-corrected chi connectivity index (χ2v) is 2.58. The SMILES string of the molecule is COC(=O)[C@H]1OCC[C@H]1C. The van der Waals surface area contributed by atoms with E-state index in [0.717, 1.165) is 6.42 Å². The van der Waals surface area contributed by atoms with Crippen LogP contribution in [0.25, 0.3) is 0 Å². The lowest BCUT2D eigenvalue weighted by atomic mass is 10.1. The second-order valence-electron chi connectivity index (χ2n) is 2.58. The number of methoxy groups -OCH3 is 1. The Bertz CT molecular complexity index is 133. The van der Waals surface area contributed by atoms with E-state index in [2.05, 4.69) is 4.74 Å². The van der Waals surface area contributed by atoms with E-state index in [4.69, 9.17) is 4.74 Å². The zero-order valence-electron chi connectivity index (χ0n) is 6.29. The minimum absolute atomic E-state index is 0.245. The van der Waals surface area contributed by atoms with Gasteiger partial charge in [0.2, 0.25) is 0 Å². The average molecular weight is 144 g/mol. The molecule has 0 bridgehead atoms. The molecule has 0 amide bonds. The molecule has 3 nitrogen and oxygen atoms in total. The van der Waals surface area contributed by atoms with Gasteiger partial charge in [0.25, 0.3) is 0 Å². The van der Waals surface area contributed by atoms with Crippen molar-refractivity contribution in [2.45, 2.75) is 19.4 Å². The van der Waals surface area contributed by atoms with Crippen LogP contribution in [0.5, 0.6) is 0 Å². The zero-order chi connectivity index (χ0) is 7.56. The Balaban J connectivity index is 2.46. The van der Waals surface area contributed by atoms with Crippen LogP contribution in [-0.4, -0.2) is 25.8 Å². The van der Waals surface area contributed by atoms with Gasteiger partial charge in [-0.1, -0.05) is 6.92 Å². The fourth-order valence-corrected chi connectivity index (χ4v) is 1.11.